The average molecular weight is 291 g/mol. The van der Waals surface area contributed by atoms with Crippen LogP contribution in [0, 0.1) is 11.6 Å². The van der Waals surface area contributed by atoms with Gasteiger partial charge in [0.25, 0.3) is 0 Å². The minimum absolute atomic E-state index is 0.0186. The quantitative estimate of drug-likeness (QED) is 0.824. The summed E-state index contributed by atoms with van der Waals surface area (Å²) in [6.07, 6.45) is 0.947. The molecule has 0 radical (unpaired) electrons. The molecule has 2 aromatic carbocycles. The molecule has 1 unspecified atom stereocenters. The van der Waals surface area contributed by atoms with Crippen LogP contribution >= 0.6 is 0 Å². The summed E-state index contributed by atoms with van der Waals surface area (Å²) in [7, 11) is 0. The van der Waals surface area contributed by atoms with Crippen LogP contribution in [0.15, 0.2) is 42.5 Å². The number of rotatable bonds is 6. The summed E-state index contributed by atoms with van der Waals surface area (Å²) in [5.41, 5.74) is 1.08. The van der Waals surface area contributed by atoms with E-state index in [1.807, 2.05) is 18.2 Å². The molecule has 0 aromatic heterocycles. The number of ether oxygens (including phenoxy) is 1. The zero-order valence-corrected chi connectivity index (χ0v) is 12.2. The van der Waals surface area contributed by atoms with Crippen molar-refractivity contribution in [3.05, 3.63) is 59.7 Å². The molecule has 0 heterocycles. The molecule has 112 valence electrons. The summed E-state index contributed by atoms with van der Waals surface area (Å²) < 4.78 is 32.0. The minimum atomic E-state index is -0.709. The Bertz CT molecular complexity index is 601. The van der Waals surface area contributed by atoms with Gasteiger partial charge in [0.1, 0.15) is 11.6 Å². The van der Waals surface area contributed by atoms with Crippen LogP contribution in [0.3, 0.4) is 0 Å². The Balaban J connectivity index is 2.21. The maximum atomic E-state index is 13.6. The van der Waals surface area contributed by atoms with Crippen LogP contribution < -0.4 is 10.1 Å². The molecule has 0 spiro atoms. The highest BCUT2D eigenvalue weighted by Gasteiger charge is 2.10. The van der Waals surface area contributed by atoms with E-state index >= 15 is 0 Å². The Morgan fingerprint density at radius 3 is 2.57 bits per heavy atom. The lowest BCUT2D eigenvalue weighted by Gasteiger charge is -2.17. The van der Waals surface area contributed by atoms with E-state index in [1.165, 1.54) is 12.1 Å². The standard InChI is InChI=1S/C17H19F2NO/c1-3-16(20-4-2)12-6-5-7-14(10-12)21-17-9-8-13(18)11-15(17)19/h5-11,16,20H,3-4H2,1-2H3. The second-order valence-electron chi connectivity index (χ2n) is 4.77. The molecule has 0 aliphatic rings. The van der Waals surface area contributed by atoms with Crippen LogP contribution in [-0.2, 0) is 0 Å². The van der Waals surface area contributed by atoms with Crippen molar-refractivity contribution in [2.45, 2.75) is 26.3 Å². The van der Waals surface area contributed by atoms with Crippen molar-refractivity contribution in [3.8, 4) is 11.5 Å². The second-order valence-corrected chi connectivity index (χ2v) is 4.77. The fourth-order valence-electron chi connectivity index (χ4n) is 2.22. The van der Waals surface area contributed by atoms with Crippen molar-refractivity contribution in [3.63, 3.8) is 0 Å². The van der Waals surface area contributed by atoms with Gasteiger partial charge in [-0.25, -0.2) is 8.78 Å². The first-order valence-corrected chi connectivity index (χ1v) is 7.10. The molecule has 2 rings (SSSR count). The number of hydrogen-bond acceptors (Lipinski definition) is 2. The zero-order chi connectivity index (χ0) is 15.2. The molecule has 0 fully saturated rings. The van der Waals surface area contributed by atoms with E-state index in [-0.39, 0.29) is 11.8 Å². The van der Waals surface area contributed by atoms with E-state index in [4.69, 9.17) is 4.74 Å². The molecule has 0 amide bonds. The highest BCUT2D eigenvalue weighted by Crippen LogP contribution is 2.27. The first-order chi connectivity index (χ1) is 10.1. The minimum Gasteiger partial charge on any atom is -0.454 e. The van der Waals surface area contributed by atoms with Crippen LogP contribution in [0.5, 0.6) is 11.5 Å². The number of benzene rings is 2. The first-order valence-electron chi connectivity index (χ1n) is 7.10. The van der Waals surface area contributed by atoms with E-state index in [1.54, 1.807) is 6.07 Å². The van der Waals surface area contributed by atoms with E-state index in [0.29, 0.717) is 5.75 Å². The highest BCUT2D eigenvalue weighted by atomic mass is 19.1. The van der Waals surface area contributed by atoms with Gasteiger partial charge in [-0.2, -0.15) is 0 Å². The molecule has 0 aliphatic carbocycles. The summed E-state index contributed by atoms with van der Waals surface area (Å²) >= 11 is 0. The maximum absolute atomic E-state index is 13.6. The van der Waals surface area contributed by atoms with Gasteiger partial charge < -0.3 is 10.1 Å². The Labute approximate surface area is 123 Å². The zero-order valence-electron chi connectivity index (χ0n) is 12.2. The van der Waals surface area contributed by atoms with E-state index < -0.39 is 11.6 Å². The van der Waals surface area contributed by atoms with Crippen LogP contribution in [-0.4, -0.2) is 6.54 Å². The van der Waals surface area contributed by atoms with Gasteiger partial charge in [0.15, 0.2) is 11.6 Å². The Morgan fingerprint density at radius 1 is 1.10 bits per heavy atom. The van der Waals surface area contributed by atoms with Gasteiger partial charge >= 0.3 is 0 Å². The fourth-order valence-corrected chi connectivity index (χ4v) is 2.22. The van der Waals surface area contributed by atoms with Gasteiger partial charge in [-0.15, -0.1) is 0 Å². The molecular weight excluding hydrogens is 272 g/mol. The predicted octanol–water partition coefficient (Wildman–Crippen LogP) is 4.82. The van der Waals surface area contributed by atoms with Crippen molar-refractivity contribution in [2.24, 2.45) is 0 Å². The summed E-state index contributed by atoms with van der Waals surface area (Å²) in [6, 6.07) is 11.0. The topological polar surface area (TPSA) is 21.3 Å². The Hall–Kier alpha value is -1.94. The molecule has 0 saturated heterocycles. The molecule has 0 aliphatic heterocycles. The summed E-state index contributed by atoms with van der Waals surface area (Å²) in [4.78, 5) is 0. The summed E-state index contributed by atoms with van der Waals surface area (Å²) in [6.45, 7) is 5.02. The monoisotopic (exact) mass is 291 g/mol. The lowest BCUT2D eigenvalue weighted by molar-refractivity contribution is 0.435. The van der Waals surface area contributed by atoms with Gasteiger partial charge in [0.05, 0.1) is 0 Å². The van der Waals surface area contributed by atoms with E-state index in [9.17, 15) is 8.78 Å². The Kier molecular flexibility index (Phi) is 5.28. The van der Waals surface area contributed by atoms with Crippen LogP contribution in [0.25, 0.3) is 0 Å². The number of halogens is 2. The van der Waals surface area contributed by atoms with E-state index in [0.717, 1.165) is 24.6 Å². The number of hydrogen-bond donors (Lipinski definition) is 1. The smallest absolute Gasteiger partial charge is 0.168 e. The maximum Gasteiger partial charge on any atom is 0.168 e. The molecule has 0 saturated carbocycles. The largest absolute Gasteiger partial charge is 0.454 e. The third-order valence-electron chi connectivity index (χ3n) is 3.24. The Morgan fingerprint density at radius 2 is 1.90 bits per heavy atom. The molecular formula is C17H19F2NO. The third-order valence-corrected chi connectivity index (χ3v) is 3.24. The molecule has 0 bridgehead atoms. The van der Waals surface area contributed by atoms with Crippen molar-refractivity contribution >= 4 is 0 Å². The van der Waals surface area contributed by atoms with Crippen molar-refractivity contribution in [1.29, 1.82) is 0 Å². The van der Waals surface area contributed by atoms with Gasteiger partial charge in [0.2, 0.25) is 0 Å². The lowest BCUT2D eigenvalue weighted by atomic mass is 10.0. The molecule has 21 heavy (non-hydrogen) atoms. The lowest BCUT2D eigenvalue weighted by Crippen LogP contribution is -2.19. The van der Waals surface area contributed by atoms with Crippen molar-refractivity contribution in [1.82, 2.24) is 5.32 Å². The average Bonchev–Trinajstić information content (AvgIpc) is 2.48. The first kappa shape index (κ1) is 15.4. The highest BCUT2D eigenvalue weighted by molar-refractivity contribution is 5.35. The van der Waals surface area contributed by atoms with Gasteiger partial charge in [-0.05, 0) is 42.8 Å². The molecule has 1 N–H and O–H groups in total. The molecule has 2 aromatic rings. The van der Waals surface area contributed by atoms with Crippen LogP contribution in [0.1, 0.15) is 31.9 Å². The summed E-state index contributed by atoms with van der Waals surface area (Å²) in [5.74, 6) is -0.773. The normalized spacial score (nSPS) is 12.2. The van der Waals surface area contributed by atoms with Gasteiger partial charge in [0, 0.05) is 12.1 Å². The fraction of sp³-hybridized carbons (Fsp3) is 0.294. The van der Waals surface area contributed by atoms with Gasteiger partial charge in [-0.1, -0.05) is 26.0 Å². The molecule has 1 atom stereocenters. The van der Waals surface area contributed by atoms with Crippen molar-refractivity contribution in [2.75, 3.05) is 6.54 Å². The molecule has 2 nitrogen and oxygen atoms in total. The third kappa shape index (κ3) is 4.02. The number of nitrogens with one attached hydrogen (secondary N) is 1. The van der Waals surface area contributed by atoms with Crippen LogP contribution in [0.4, 0.5) is 8.78 Å². The molecule has 4 heteroatoms. The SMILES string of the molecule is CCNC(CC)c1cccc(Oc2ccc(F)cc2F)c1. The summed E-state index contributed by atoms with van der Waals surface area (Å²) in [5, 5.41) is 3.38. The van der Waals surface area contributed by atoms with Gasteiger partial charge in [-0.3, -0.25) is 0 Å². The predicted molar refractivity (Wildman–Crippen MR) is 79.6 cm³/mol. The van der Waals surface area contributed by atoms with E-state index in [2.05, 4.69) is 19.2 Å². The van der Waals surface area contributed by atoms with Crippen molar-refractivity contribution < 1.29 is 13.5 Å². The van der Waals surface area contributed by atoms with Crippen LogP contribution in [0.2, 0.25) is 0 Å². The second kappa shape index (κ2) is 7.18.